The van der Waals surface area contributed by atoms with Crippen LogP contribution in [0.4, 0.5) is 35.3 Å². The number of amides is 1. The van der Waals surface area contributed by atoms with Crippen molar-refractivity contribution in [1.82, 2.24) is 14.9 Å². The third kappa shape index (κ3) is 10.3. The van der Waals surface area contributed by atoms with Crippen LogP contribution in [0, 0.1) is 6.92 Å². The SMILES string of the molecule is O=C(O)c1ccccc1.[CH2-]Cc1nc(Nc2ccc(N3CCN(C(=O)OC(C)(C)C)CC3)cc2)ncc1C(F)(F)F.[Li+]. The number of aromatic nitrogens is 2. The van der Waals surface area contributed by atoms with Crippen molar-refractivity contribution in [2.24, 2.45) is 0 Å². The molecule has 0 spiro atoms. The van der Waals surface area contributed by atoms with Crippen LogP contribution >= 0.6 is 0 Å². The predicted molar refractivity (Wildman–Crippen MR) is 149 cm³/mol. The monoisotopic (exact) mass is 579 g/mol. The van der Waals surface area contributed by atoms with Gasteiger partial charge in [0.05, 0.1) is 11.1 Å². The van der Waals surface area contributed by atoms with Crippen LogP contribution in [0.5, 0.6) is 0 Å². The molecule has 1 aromatic heterocycles. The van der Waals surface area contributed by atoms with E-state index in [4.69, 9.17) is 9.84 Å². The minimum atomic E-state index is -4.51. The number of alkyl halides is 3. The van der Waals surface area contributed by atoms with E-state index in [-0.39, 0.29) is 43.0 Å². The quantitative estimate of drug-likeness (QED) is 0.351. The Morgan fingerprint density at radius 1 is 1.00 bits per heavy atom. The number of benzene rings is 2. The summed E-state index contributed by atoms with van der Waals surface area (Å²) < 4.78 is 44.4. The van der Waals surface area contributed by atoms with Crippen LogP contribution < -0.4 is 29.1 Å². The van der Waals surface area contributed by atoms with E-state index < -0.39 is 23.3 Å². The Balaban J connectivity index is 0.000000526. The number of halogens is 3. The molecule has 9 nitrogen and oxygen atoms in total. The number of rotatable bonds is 5. The third-order valence-corrected chi connectivity index (χ3v) is 5.85. The first-order valence-electron chi connectivity index (χ1n) is 12.9. The molecule has 220 valence electrons. The Bertz CT molecular complexity index is 1310. The van der Waals surface area contributed by atoms with E-state index in [0.29, 0.717) is 37.4 Å². The van der Waals surface area contributed by atoms with Gasteiger partial charge in [0.15, 0.2) is 0 Å². The fraction of sp³-hybridized carbons (Fsp3) is 0.345. The number of anilines is 3. The molecule has 1 saturated heterocycles. The first-order valence-corrected chi connectivity index (χ1v) is 12.9. The molecule has 0 radical (unpaired) electrons. The number of hydrogen-bond acceptors (Lipinski definition) is 7. The van der Waals surface area contributed by atoms with Gasteiger partial charge in [-0.1, -0.05) is 18.2 Å². The van der Waals surface area contributed by atoms with Crippen molar-refractivity contribution in [3.05, 3.63) is 84.5 Å². The van der Waals surface area contributed by atoms with Gasteiger partial charge >= 0.3 is 37.1 Å². The van der Waals surface area contributed by atoms with E-state index in [2.05, 4.69) is 27.1 Å². The van der Waals surface area contributed by atoms with Crippen molar-refractivity contribution < 1.29 is 51.5 Å². The van der Waals surface area contributed by atoms with Crippen LogP contribution in [-0.2, 0) is 17.3 Å². The van der Waals surface area contributed by atoms with Crippen LogP contribution in [0.2, 0.25) is 0 Å². The number of carbonyl (C=O) groups excluding carboxylic acids is 1. The summed E-state index contributed by atoms with van der Waals surface area (Å²) in [5.74, 6) is -0.800. The summed E-state index contributed by atoms with van der Waals surface area (Å²) in [6, 6.07) is 15.7. The summed E-state index contributed by atoms with van der Waals surface area (Å²) in [5, 5.41) is 11.3. The molecule has 0 bridgehead atoms. The molecule has 1 aliphatic heterocycles. The molecular weight excluding hydrogens is 546 g/mol. The standard InChI is InChI=1S/C22H27F3N5O2.C7H6O2.Li/c1-5-18-17(22(23,24)25)14-26-19(28-18)27-15-6-8-16(9-7-15)29-10-12-30(13-11-29)20(31)32-21(2,3)4;8-7(9)6-4-2-1-3-5-6;/h6-9,14H,1,5,10-13H2,2-4H3,(H,26,27,28);1-5H,(H,8,9);/q-1;;+1. The van der Waals surface area contributed by atoms with Crippen molar-refractivity contribution in [2.45, 2.75) is 39.0 Å². The van der Waals surface area contributed by atoms with E-state index in [1.54, 1.807) is 47.4 Å². The Labute approximate surface area is 255 Å². The largest absolute Gasteiger partial charge is 1.00 e. The third-order valence-electron chi connectivity index (χ3n) is 5.85. The van der Waals surface area contributed by atoms with Gasteiger partial charge in [-0.15, -0.1) is 6.42 Å². The minimum Gasteiger partial charge on any atom is -0.478 e. The van der Waals surface area contributed by atoms with Crippen molar-refractivity contribution in [3.63, 3.8) is 0 Å². The molecule has 2 heterocycles. The van der Waals surface area contributed by atoms with Crippen molar-refractivity contribution >= 4 is 29.4 Å². The maximum atomic E-state index is 13.0. The zero-order valence-corrected chi connectivity index (χ0v) is 24.1. The van der Waals surface area contributed by atoms with Crippen molar-refractivity contribution in [1.29, 1.82) is 0 Å². The van der Waals surface area contributed by atoms with Crippen LogP contribution in [-0.4, -0.2) is 63.8 Å². The molecule has 1 amide bonds. The van der Waals surface area contributed by atoms with Crippen molar-refractivity contribution in [3.8, 4) is 0 Å². The molecule has 0 atom stereocenters. The number of carbonyl (C=O) groups is 2. The molecule has 0 saturated carbocycles. The molecule has 0 aliphatic carbocycles. The van der Waals surface area contributed by atoms with Crippen molar-refractivity contribution in [2.75, 3.05) is 36.4 Å². The summed E-state index contributed by atoms with van der Waals surface area (Å²) in [6.45, 7) is 11.5. The molecule has 1 fully saturated rings. The van der Waals surface area contributed by atoms with Gasteiger partial charge in [0, 0.05) is 49.4 Å². The Kier molecular flexibility index (Phi) is 12.2. The fourth-order valence-electron chi connectivity index (χ4n) is 3.84. The number of carboxylic acids is 1. The van der Waals surface area contributed by atoms with Crippen LogP contribution in [0.15, 0.2) is 60.8 Å². The maximum Gasteiger partial charge on any atom is 1.00 e. The summed E-state index contributed by atoms with van der Waals surface area (Å²) in [7, 11) is 0. The molecule has 0 unspecified atom stereocenters. The molecule has 1 aliphatic rings. The first kappa shape index (κ1) is 34.4. The molecule has 2 aromatic carbocycles. The normalized spacial score (nSPS) is 13.3. The van der Waals surface area contributed by atoms with E-state index in [0.717, 1.165) is 11.9 Å². The molecular formula is C29H33F3LiN5O4. The van der Waals surface area contributed by atoms with Gasteiger partial charge in [0.2, 0.25) is 5.95 Å². The van der Waals surface area contributed by atoms with Gasteiger partial charge in [-0.2, -0.15) is 13.2 Å². The summed E-state index contributed by atoms with van der Waals surface area (Å²) in [5.41, 5.74) is 0.398. The van der Waals surface area contributed by atoms with Gasteiger partial charge in [0.25, 0.3) is 0 Å². The van der Waals surface area contributed by atoms with Gasteiger partial charge < -0.3 is 31.9 Å². The average molecular weight is 580 g/mol. The van der Waals surface area contributed by atoms with E-state index >= 15 is 0 Å². The second-order valence-corrected chi connectivity index (χ2v) is 10.1. The van der Waals surface area contributed by atoms with Gasteiger partial charge in [-0.3, -0.25) is 0 Å². The number of nitrogens with one attached hydrogen (secondary N) is 1. The zero-order chi connectivity index (χ0) is 30.2. The topological polar surface area (TPSA) is 108 Å². The molecule has 42 heavy (non-hydrogen) atoms. The minimum absolute atomic E-state index is 0. The molecule has 3 aromatic rings. The molecule has 13 heteroatoms. The van der Waals surface area contributed by atoms with E-state index in [1.165, 1.54) is 0 Å². The van der Waals surface area contributed by atoms with Gasteiger partial charge in [0.1, 0.15) is 5.60 Å². The zero-order valence-electron chi connectivity index (χ0n) is 24.1. The average Bonchev–Trinajstić information content (AvgIpc) is 2.93. The number of carboxylic acid groups (broad SMARTS) is 1. The Morgan fingerprint density at radius 2 is 1.60 bits per heavy atom. The molecule has 2 N–H and O–H groups in total. The van der Waals surface area contributed by atoms with E-state index in [9.17, 15) is 22.8 Å². The fourth-order valence-corrected chi connectivity index (χ4v) is 3.84. The summed E-state index contributed by atoms with van der Waals surface area (Å²) in [6.07, 6.45) is -4.15. The van der Waals surface area contributed by atoms with Crippen LogP contribution in [0.1, 0.15) is 42.4 Å². The maximum absolute atomic E-state index is 13.0. The Morgan fingerprint density at radius 3 is 2.07 bits per heavy atom. The summed E-state index contributed by atoms with van der Waals surface area (Å²) >= 11 is 0. The number of hydrogen-bond donors (Lipinski definition) is 2. The second kappa shape index (κ2) is 14.9. The number of piperazine rings is 1. The summed E-state index contributed by atoms with van der Waals surface area (Å²) in [4.78, 5) is 34.0. The van der Waals surface area contributed by atoms with Gasteiger partial charge in [-0.05, 0) is 57.2 Å². The Hall–Kier alpha value is -3.75. The molecule has 4 rings (SSSR count). The van der Waals surface area contributed by atoms with Crippen LogP contribution in [0.25, 0.3) is 0 Å². The number of nitrogens with zero attached hydrogens (tertiary/aromatic N) is 4. The second-order valence-electron chi connectivity index (χ2n) is 10.1. The first-order chi connectivity index (χ1) is 19.3. The smallest absolute Gasteiger partial charge is 0.478 e. The number of aromatic carboxylic acids is 1. The number of ether oxygens (including phenoxy) is 1. The van der Waals surface area contributed by atoms with E-state index in [1.807, 2.05) is 32.9 Å². The van der Waals surface area contributed by atoms with Gasteiger partial charge in [-0.25, -0.2) is 19.6 Å². The predicted octanol–water partition coefficient (Wildman–Crippen LogP) is 3.06. The van der Waals surface area contributed by atoms with Crippen LogP contribution in [0.3, 0.4) is 0 Å².